The Kier molecular flexibility index (Phi) is 8.51. The molecule has 0 aromatic heterocycles. The fourth-order valence-electron chi connectivity index (χ4n) is 3.78. The van der Waals surface area contributed by atoms with Crippen molar-refractivity contribution >= 4 is 54.4 Å². The van der Waals surface area contributed by atoms with Crippen molar-refractivity contribution in [2.24, 2.45) is 0 Å². The fraction of sp³-hybridized carbons (Fsp3) is 0.333. The molecule has 11 heteroatoms. The molecule has 1 N–H and O–H groups in total. The Hall–Kier alpha value is -2.15. The first-order valence-corrected chi connectivity index (χ1v) is 14.3. The van der Waals surface area contributed by atoms with Gasteiger partial charge in [-0.25, -0.2) is 8.42 Å². The molecule has 0 aliphatic rings. The van der Waals surface area contributed by atoms with Gasteiger partial charge in [0.2, 0.25) is 0 Å². The topological polar surface area (TPSA) is 108 Å². The number of anilines is 2. The van der Waals surface area contributed by atoms with E-state index in [4.69, 9.17) is 8.37 Å². The Labute approximate surface area is 211 Å². The maximum atomic E-state index is 12.9. The molecule has 0 saturated carbocycles. The first-order chi connectivity index (χ1) is 16.5. The van der Waals surface area contributed by atoms with E-state index in [9.17, 15) is 16.8 Å². The molecule has 0 spiro atoms. The monoisotopic (exact) mass is 539 g/mol. The second-order valence-electron chi connectivity index (χ2n) is 8.32. The molecule has 0 aliphatic heterocycles. The summed E-state index contributed by atoms with van der Waals surface area (Å²) >= 11 is -3.48. The van der Waals surface area contributed by atoms with E-state index < -0.39 is 32.3 Å². The van der Waals surface area contributed by atoms with Gasteiger partial charge in [-0.3, -0.25) is 12.5 Å². The third kappa shape index (κ3) is 5.65. The van der Waals surface area contributed by atoms with Gasteiger partial charge in [-0.1, -0.05) is 32.9 Å². The molecule has 3 aromatic rings. The normalized spacial score (nSPS) is 14.1. The highest BCUT2D eigenvalue weighted by molar-refractivity contribution is 7.86. The average molecular weight is 540 g/mol. The van der Waals surface area contributed by atoms with E-state index in [1.54, 1.807) is 30.3 Å². The molecular formula is C24H29NO7S3. The summed E-state index contributed by atoms with van der Waals surface area (Å²) in [5.41, 5.74) is 1.77. The van der Waals surface area contributed by atoms with E-state index in [0.29, 0.717) is 26.6 Å². The van der Waals surface area contributed by atoms with Crippen LogP contribution in [-0.4, -0.2) is 38.2 Å². The Morgan fingerprint density at radius 3 is 2.20 bits per heavy atom. The maximum Gasteiger partial charge on any atom is 0.296 e. The molecular weight excluding hydrogens is 510 g/mol. The van der Waals surface area contributed by atoms with Gasteiger partial charge in [0, 0.05) is 16.8 Å². The van der Waals surface area contributed by atoms with Crippen molar-refractivity contribution in [2.75, 3.05) is 26.6 Å². The van der Waals surface area contributed by atoms with Crippen LogP contribution in [-0.2, 0) is 50.2 Å². The van der Waals surface area contributed by atoms with Crippen molar-refractivity contribution < 1.29 is 29.4 Å². The van der Waals surface area contributed by atoms with Crippen LogP contribution in [0.15, 0.2) is 63.2 Å². The van der Waals surface area contributed by atoms with Gasteiger partial charge >= 0.3 is 0 Å². The van der Waals surface area contributed by atoms with Gasteiger partial charge in [0.1, 0.15) is 0 Å². The highest BCUT2D eigenvalue weighted by Crippen LogP contribution is 2.42. The number of fused-ring (bicyclic) bond motifs is 1. The van der Waals surface area contributed by atoms with Crippen LogP contribution in [0.3, 0.4) is 0 Å². The minimum Gasteiger partial charge on any atom is -0.355 e. The first-order valence-electron chi connectivity index (χ1n) is 10.7. The minimum atomic E-state index is -3.88. The summed E-state index contributed by atoms with van der Waals surface area (Å²) < 4.78 is 64.4. The number of nitrogens with one attached hydrogen (secondary N) is 1. The summed E-state index contributed by atoms with van der Waals surface area (Å²) in [7, 11) is -0.0775. The lowest BCUT2D eigenvalue weighted by atomic mass is 9.78. The number of rotatable bonds is 10. The zero-order valence-electron chi connectivity index (χ0n) is 20.4. The van der Waals surface area contributed by atoms with Gasteiger partial charge in [-0.15, -0.1) is 0 Å². The number of hydrogen-bond donors (Lipinski definition) is 1. The lowest BCUT2D eigenvalue weighted by molar-refractivity contribution is 0.398. The quantitative estimate of drug-likeness (QED) is 0.361. The van der Waals surface area contributed by atoms with Crippen LogP contribution >= 0.6 is 0 Å². The largest absolute Gasteiger partial charge is 0.355 e. The molecule has 8 nitrogen and oxygen atoms in total. The van der Waals surface area contributed by atoms with Gasteiger partial charge in [-0.05, 0) is 59.2 Å². The van der Waals surface area contributed by atoms with Crippen molar-refractivity contribution in [3.8, 4) is 0 Å². The fourth-order valence-corrected chi connectivity index (χ4v) is 5.82. The lowest BCUT2D eigenvalue weighted by Crippen LogP contribution is -2.19. The summed E-state index contributed by atoms with van der Waals surface area (Å²) in [6.45, 7) is 6.25. The molecule has 0 heterocycles. The molecule has 0 bridgehead atoms. The highest BCUT2D eigenvalue weighted by atomic mass is 32.2. The second-order valence-corrected chi connectivity index (χ2v) is 12.5. The summed E-state index contributed by atoms with van der Waals surface area (Å²) in [6.07, 6.45) is 0.785. The molecule has 2 unspecified atom stereocenters. The van der Waals surface area contributed by atoms with Gasteiger partial charge in [-0.2, -0.15) is 8.42 Å². The SMILES string of the molecule is CCC(C)(C)c1c(Nc2cccc(S(=O)(=O)OC)c2)cc(S(=O)OC)c2cc(S(=O)OC)ccc12. The molecule has 0 amide bonds. The average Bonchev–Trinajstić information content (AvgIpc) is 2.86. The van der Waals surface area contributed by atoms with Crippen LogP contribution in [0.5, 0.6) is 0 Å². The summed E-state index contributed by atoms with van der Waals surface area (Å²) in [6, 6.07) is 13.2. The molecule has 0 fully saturated rings. The molecule has 3 rings (SSSR count). The molecule has 0 aliphatic carbocycles. The van der Waals surface area contributed by atoms with E-state index >= 15 is 0 Å². The van der Waals surface area contributed by atoms with E-state index in [-0.39, 0.29) is 10.3 Å². The van der Waals surface area contributed by atoms with E-state index in [2.05, 4.69) is 30.3 Å². The molecule has 2 atom stereocenters. The highest BCUT2D eigenvalue weighted by Gasteiger charge is 2.28. The zero-order chi connectivity index (χ0) is 26.0. The van der Waals surface area contributed by atoms with E-state index in [0.717, 1.165) is 24.5 Å². The van der Waals surface area contributed by atoms with Crippen LogP contribution in [0.2, 0.25) is 0 Å². The Morgan fingerprint density at radius 2 is 1.60 bits per heavy atom. The van der Waals surface area contributed by atoms with Crippen molar-refractivity contribution in [3.63, 3.8) is 0 Å². The maximum absolute atomic E-state index is 12.9. The summed E-state index contributed by atoms with van der Waals surface area (Å²) in [5, 5.41) is 4.75. The second kappa shape index (κ2) is 10.9. The van der Waals surface area contributed by atoms with Crippen LogP contribution < -0.4 is 5.32 Å². The molecule has 0 radical (unpaired) electrons. The summed E-state index contributed by atoms with van der Waals surface area (Å²) in [4.78, 5) is 0.832. The van der Waals surface area contributed by atoms with E-state index in [1.807, 2.05) is 6.07 Å². The van der Waals surface area contributed by atoms with Crippen molar-refractivity contribution in [3.05, 3.63) is 54.1 Å². The van der Waals surface area contributed by atoms with Gasteiger partial charge in [0.15, 0.2) is 22.2 Å². The number of hydrogen-bond acceptors (Lipinski definition) is 8. The third-order valence-electron chi connectivity index (χ3n) is 5.93. The molecule has 0 saturated heterocycles. The van der Waals surface area contributed by atoms with Crippen LogP contribution in [0, 0.1) is 0 Å². The standard InChI is InChI=1S/C24H29NO7S3/c1-7-24(2,3)23-19-12-11-17(33(26)30-4)14-20(19)22(34(27)31-5)15-21(23)25-16-9-8-10-18(13-16)35(28,29)32-6/h8-15,25H,7H2,1-6H3. The molecule has 190 valence electrons. The Balaban J connectivity index is 2.34. The van der Waals surface area contributed by atoms with Crippen molar-refractivity contribution in [1.29, 1.82) is 0 Å². The molecule has 35 heavy (non-hydrogen) atoms. The van der Waals surface area contributed by atoms with E-state index in [1.165, 1.54) is 26.4 Å². The van der Waals surface area contributed by atoms with Gasteiger partial charge < -0.3 is 5.32 Å². The minimum absolute atomic E-state index is 0.00877. The smallest absolute Gasteiger partial charge is 0.296 e. The predicted octanol–water partition coefficient (Wildman–Crippen LogP) is 4.94. The third-order valence-corrected chi connectivity index (χ3v) is 9.14. The predicted molar refractivity (Wildman–Crippen MR) is 138 cm³/mol. The Morgan fingerprint density at radius 1 is 0.914 bits per heavy atom. The van der Waals surface area contributed by atoms with Crippen molar-refractivity contribution in [2.45, 2.75) is 47.3 Å². The van der Waals surface area contributed by atoms with Crippen LogP contribution in [0.25, 0.3) is 10.8 Å². The Bertz CT molecular complexity index is 1400. The van der Waals surface area contributed by atoms with Crippen LogP contribution in [0.4, 0.5) is 11.4 Å². The van der Waals surface area contributed by atoms with Gasteiger partial charge in [0.05, 0.1) is 36.0 Å². The zero-order valence-corrected chi connectivity index (χ0v) is 22.9. The van der Waals surface area contributed by atoms with Gasteiger partial charge in [0.25, 0.3) is 10.1 Å². The first kappa shape index (κ1) is 27.4. The van der Waals surface area contributed by atoms with Crippen LogP contribution in [0.1, 0.15) is 32.8 Å². The number of benzene rings is 3. The lowest BCUT2D eigenvalue weighted by Gasteiger charge is -2.29. The van der Waals surface area contributed by atoms with Crippen molar-refractivity contribution in [1.82, 2.24) is 0 Å². The molecule has 3 aromatic carbocycles. The summed E-state index contributed by atoms with van der Waals surface area (Å²) in [5.74, 6) is 0.